The molecule has 0 aromatic carbocycles. The van der Waals surface area contributed by atoms with E-state index in [0.29, 0.717) is 18.8 Å². The fourth-order valence-electron chi connectivity index (χ4n) is 2.14. The molecule has 19 heavy (non-hydrogen) atoms. The number of anilines is 1. The normalized spacial score (nSPS) is 21.3. The summed E-state index contributed by atoms with van der Waals surface area (Å²) >= 11 is 0. The average molecular weight is 264 g/mol. The highest BCUT2D eigenvalue weighted by Gasteiger charge is 2.38. The van der Waals surface area contributed by atoms with Gasteiger partial charge >= 0.3 is 0 Å². The van der Waals surface area contributed by atoms with E-state index in [9.17, 15) is 9.59 Å². The number of nitrogens with one attached hydrogen (secondary N) is 1. The first kappa shape index (κ1) is 13.6. The molecule has 1 aromatic heterocycles. The van der Waals surface area contributed by atoms with E-state index in [4.69, 9.17) is 0 Å². The standard InChI is InChI=1S/C13H20N4O2/c1-13(2,3)11-12(19)17(8-6-10(18)14-11)9-5-7-16(4)15-9/h5,7,11H,6,8H2,1-4H3,(H,14,18). The molecule has 1 aliphatic rings. The van der Waals surface area contributed by atoms with Crippen LogP contribution in [0.15, 0.2) is 12.3 Å². The van der Waals surface area contributed by atoms with E-state index in [-0.39, 0.29) is 17.2 Å². The van der Waals surface area contributed by atoms with Crippen LogP contribution in [0, 0.1) is 5.41 Å². The average Bonchev–Trinajstić information content (AvgIpc) is 2.64. The van der Waals surface area contributed by atoms with Crippen molar-refractivity contribution < 1.29 is 9.59 Å². The molecule has 0 aliphatic carbocycles. The molecule has 0 radical (unpaired) electrons. The number of aromatic nitrogens is 2. The molecule has 1 unspecified atom stereocenters. The molecule has 2 rings (SSSR count). The molecule has 2 heterocycles. The highest BCUT2D eigenvalue weighted by Crippen LogP contribution is 2.25. The largest absolute Gasteiger partial charge is 0.344 e. The van der Waals surface area contributed by atoms with Gasteiger partial charge in [0.05, 0.1) is 0 Å². The monoisotopic (exact) mass is 264 g/mol. The number of rotatable bonds is 1. The van der Waals surface area contributed by atoms with Crippen molar-refractivity contribution in [3.05, 3.63) is 12.3 Å². The molecule has 1 aromatic rings. The number of aryl methyl sites for hydroxylation is 1. The lowest BCUT2D eigenvalue weighted by molar-refractivity contribution is -0.127. The van der Waals surface area contributed by atoms with Gasteiger partial charge in [-0.1, -0.05) is 20.8 Å². The molecular formula is C13H20N4O2. The van der Waals surface area contributed by atoms with Crippen LogP contribution in [0.2, 0.25) is 0 Å². The summed E-state index contributed by atoms with van der Waals surface area (Å²) in [6.07, 6.45) is 2.09. The minimum Gasteiger partial charge on any atom is -0.344 e. The van der Waals surface area contributed by atoms with Crippen molar-refractivity contribution in [2.45, 2.75) is 33.2 Å². The third-order valence-corrected chi connectivity index (χ3v) is 3.22. The molecule has 6 nitrogen and oxygen atoms in total. The van der Waals surface area contributed by atoms with E-state index < -0.39 is 6.04 Å². The Hall–Kier alpha value is -1.85. The van der Waals surface area contributed by atoms with Crippen LogP contribution in [0.25, 0.3) is 0 Å². The van der Waals surface area contributed by atoms with E-state index in [1.807, 2.05) is 20.8 Å². The fourth-order valence-corrected chi connectivity index (χ4v) is 2.14. The zero-order valence-electron chi connectivity index (χ0n) is 11.8. The second-order valence-corrected chi connectivity index (χ2v) is 5.95. The van der Waals surface area contributed by atoms with Gasteiger partial charge < -0.3 is 5.32 Å². The van der Waals surface area contributed by atoms with Crippen molar-refractivity contribution in [3.8, 4) is 0 Å². The lowest BCUT2D eigenvalue weighted by Gasteiger charge is -2.31. The zero-order chi connectivity index (χ0) is 14.2. The van der Waals surface area contributed by atoms with E-state index in [1.165, 1.54) is 0 Å². The van der Waals surface area contributed by atoms with Crippen molar-refractivity contribution in [2.24, 2.45) is 12.5 Å². The Morgan fingerprint density at radius 3 is 2.58 bits per heavy atom. The van der Waals surface area contributed by atoms with Gasteiger partial charge in [0.2, 0.25) is 5.91 Å². The van der Waals surface area contributed by atoms with Crippen molar-refractivity contribution in [1.82, 2.24) is 15.1 Å². The summed E-state index contributed by atoms with van der Waals surface area (Å²) in [6, 6.07) is 1.26. The van der Waals surface area contributed by atoms with Crippen LogP contribution in [0.1, 0.15) is 27.2 Å². The number of hydrogen-bond donors (Lipinski definition) is 1. The number of carbonyl (C=O) groups excluding carboxylic acids is 2. The van der Waals surface area contributed by atoms with Crippen LogP contribution in [-0.2, 0) is 16.6 Å². The Labute approximate surface area is 112 Å². The summed E-state index contributed by atoms with van der Waals surface area (Å²) < 4.78 is 1.65. The molecule has 1 atom stereocenters. The maximum absolute atomic E-state index is 12.6. The highest BCUT2D eigenvalue weighted by molar-refractivity contribution is 6.01. The lowest BCUT2D eigenvalue weighted by Crippen LogP contribution is -2.52. The van der Waals surface area contributed by atoms with Crippen LogP contribution < -0.4 is 10.2 Å². The molecule has 2 amide bonds. The zero-order valence-corrected chi connectivity index (χ0v) is 11.8. The second kappa shape index (κ2) is 4.68. The van der Waals surface area contributed by atoms with Gasteiger partial charge in [0.15, 0.2) is 5.82 Å². The van der Waals surface area contributed by atoms with Crippen LogP contribution >= 0.6 is 0 Å². The Balaban J connectivity index is 2.34. The van der Waals surface area contributed by atoms with Crippen molar-refractivity contribution in [2.75, 3.05) is 11.4 Å². The summed E-state index contributed by atoms with van der Waals surface area (Å²) in [4.78, 5) is 26.0. The van der Waals surface area contributed by atoms with Crippen molar-refractivity contribution in [1.29, 1.82) is 0 Å². The maximum atomic E-state index is 12.6. The van der Waals surface area contributed by atoms with Crippen LogP contribution in [-0.4, -0.2) is 34.2 Å². The summed E-state index contributed by atoms with van der Waals surface area (Å²) in [5.41, 5.74) is -0.329. The number of hydrogen-bond acceptors (Lipinski definition) is 3. The minimum absolute atomic E-state index is 0.0910. The molecule has 1 saturated heterocycles. The number of carbonyl (C=O) groups is 2. The summed E-state index contributed by atoms with van der Waals surface area (Å²) in [5, 5.41) is 7.06. The van der Waals surface area contributed by atoms with Crippen molar-refractivity contribution in [3.63, 3.8) is 0 Å². The van der Waals surface area contributed by atoms with Crippen molar-refractivity contribution >= 4 is 17.6 Å². The topological polar surface area (TPSA) is 67.2 Å². The van der Waals surface area contributed by atoms with Gasteiger partial charge in [-0.15, -0.1) is 0 Å². The third-order valence-electron chi connectivity index (χ3n) is 3.22. The maximum Gasteiger partial charge on any atom is 0.251 e. The SMILES string of the molecule is Cn1ccc(N2CCC(=O)NC(C(C)(C)C)C2=O)n1. The van der Waals surface area contributed by atoms with Crippen LogP contribution in [0.3, 0.4) is 0 Å². The van der Waals surface area contributed by atoms with Gasteiger partial charge in [-0.25, -0.2) is 0 Å². The number of nitrogens with zero attached hydrogens (tertiary/aromatic N) is 3. The van der Waals surface area contributed by atoms with E-state index in [2.05, 4.69) is 10.4 Å². The molecule has 0 spiro atoms. The Morgan fingerprint density at radius 1 is 1.37 bits per heavy atom. The molecule has 1 aliphatic heterocycles. The lowest BCUT2D eigenvalue weighted by atomic mass is 9.86. The van der Waals surface area contributed by atoms with Gasteiger partial charge in [-0.05, 0) is 5.41 Å². The highest BCUT2D eigenvalue weighted by atomic mass is 16.2. The van der Waals surface area contributed by atoms with Gasteiger partial charge in [-0.3, -0.25) is 19.2 Å². The number of amides is 2. The minimum atomic E-state index is -0.524. The molecule has 104 valence electrons. The molecule has 1 fully saturated rings. The van der Waals surface area contributed by atoms with Gasteiger partial charge in [0.1, 0.15) is 6.04 Å². The Morgan fingerprint density at radius 2 is 2.05 bits per heavy atom. The predicted molar refractivity (Wildman–Crippen MR) is 71.6 cm³/mol. The first-order valence-corrected chi connectivity index (χ1v) is 6.39. The quantitative estimate of drug-likeness (QED) is 0.811. The van der Waals surface area contributed by atoms with E-state index >= 15 is 0 Å². The molecule has 0 bridgehead atoms. The smallest absolute Gasteiger partial charge is 0.251 e. The summed E-state index contributed by atoms with van der Waals surface area (Å²) in [5.74, 6) is 0.405. The molecule has 1 N–H and O–H groups in total. The molecule has 6 heteroatoms. The Bertz CT molecular complexity index is 501. The van der Waals surface area contributed by atoms with Crippen LogP contribution in [0.5, 0.6) is 0 Å². The first-order chi connectivity index (χ1) is 8.79. The van der Waals surface area contributed by atoms with E-state index in [0.717, 1.165) is 0 Å². The van der Waals surface area contributed by atoms with Crippen LogP contribution in [0.4, 0.5) is 5.82 Å². The summed E-state index contributed by atoms with van der Waals surface area (Å²) in [7, 11) is 1.80. The van der Waals surface area contributed by atoms with Gasteiger partial charge in [0.25, 0.3) is 5.91 Å². The van der Waals surface area contributed by atoms with Gasteiger partial charge in [-0.2, -0.15) is 5.10 Å². The predicted octanol–water partition coefficient (Wildman–Crippen LogP) is 0.688. The Kier molecular flexibility index (Phi) is 3.34. The van der Waals surface area contributed by atoms with Gasteiger partial charge in [0, 0.05) is 32.3 Å². The third kappa shape index (κ3) is 2.77. The second-order valence-electron chi connectivity index (χ2n) is 5.95. The molecular weight excluding hydrogens is 244 g/mol. The van der Waals surface area contributed by atoms with E-state index in [1.54, 1.807) is 28.9 Å². The summed E-state index contributed by atoms with van der Waals surface area (Å²) in [6.45, 7) is 6.20. The fraction of sp³-hybridized carbons (Fsp3) is 0.615. The molecule has 0 saturated carbocycles. The first-order valence-electron chi connectivity index (χ1n) is 6.39.